The number of para-hydroxylation sites is 1. The van der Waals surface area contributed by atoms with Gasteiger partial charge in [-0.15, -0.1) is 0 Å². The first kappa shape index (κ1) is 15.1. The number of nitrogens with one attached hydrogen (secondary N) is 1. The summed E-state index contributed by atoms with van der Waals surface area (Å²) in [5.41, 5.74) is 1.46. The molecule has 0 fully saturated rings. The van der Waals surface area contributed by atoms with E-state index >= 15 is 0 Å². The molecule has 110 valence electrons. The molecular weight excluding hydrogens is 292 g/mol. The summed E-state index contributed by atoms with van der Waals surface area (Å²) in [5, 5.41) is 14.4. The van der Waals surface area contributed by atoms with Crippen molar-refractivity contribution in [2.75, 3.05) is 12.4 Å². The molecule has 0 aromatic heterocycles. The highest BCUT2D eigenvalue weighted by atomic mass is 35.5. The smallest absolute Gasteiger partial charge is 0.271 e. The number of nitrogens with zero attached hydrogens (tertiary/aromatic N) is 1. The van der Waals surface area contributed by atoms with Gasteiger partial charge in [0.1, 0.15) is 5.75 Å². The first-order valence-electron chi connectivity index (χ1n) is 6.36. The van der Waals surface area contributed by atoms with E-state index in [1.807, 2.05) is 31.2 Å². The first-order valence-corrected chi connectivity index (χ1v) is 6.74. The van der Waals surface area contributed by atoms with Crippen molar-refractivity contribution in [3.05, 3.63) is 63.2 Å². The van der Waals surface area contributed by atoms with Gasteiger partial charge in [-0.25, -0.2) is 0 Å². The Morgan fingerprint density at radius 3 is 2.67 bits per heavy atom. The van der Waals surface area contributed by atoms with Crippen LogP contribution in [0.5, 0.6) is 5.75 Å². The Balaban J connectivity index is 2.29. The normalized spacial score (nSPS) is 11.8. The number of benzene rings is 2. The minimum Gasteiger partial charge on any atom is -0.496 e. The van der Waals surface area contributed by atoms with Crippen molar-refractivity contribution in [3.8, 4) is 5.75 Å². The van der Waals surface area contributed by atoms with Crippen LogP contribution in [0.15, 0.2) is 42.5 Å². The van der Waals surface area contributed by atoms with Crippen LogP contribution in [0, 0.1) is 10.1 Å². The third-order valence-corrected chi connectivity index (χ3v) is 3.47. The largest absolute Gasteiger partial charge is 0.496 e. The Hall–Kier alpha value is -2.27. The predicted octanol–water partition coefficient (Wildman–Crippen LogP) is 4.43. The summed E-state index contributed by atoms with van der Waals surface area (Å²) in [6.45, 7) is 1.94. The quantitative estimate of drug-likeness (QED) is 0.655. The number of halogens is 1. The summed E-state index contributed by atoms with van der Waals surface area (Å²) in [6.07, 6.45) is 0. The van der Waals surface area contributed by atoms with E-state index in [1.54, 1.807) is 7.11 Å². The number of hydrogen-bond acceptors (Lipinski definition) is 4. The van der Waals surface area contributed by atoms with Crippen LogP contribution in [-0.2, 0) is 0 Å². The number of ether oxygens (including phenoxy) is 1. The molecule has 1 atom stereocenters. The summed E-state index contributed by atoms with van der Waals surface area (Å²) in [5.74, 6) is 0.749. The van der Waals surface area contributed by atoms with Crippen LogP contribution in [-0.4, -0.2) is 12.0 Å². The van der Waals surface area contributed by atoms with Crippen molar-refractivity contribution < 1.29 is 9.66 Å². The minimum atomic E-state index is -0.449. The Morgan fingerprint density at radius 2 is 2.00 bits per heavy atom. The van der Waals surface area contributed by atoms with Crippen LogP contribution >= 0.6 is 11.6 Å². The summed E-state index contributed by atoms with van der Waals surface area (Å²) in [4.78, 5) is 10.4. The molecule has 0 heterocycles. The number of rotatable bonds is 5. The van der Waals surface area contributed by atoms with Crippen LogP contribution in [0.4, 0.5) is 11.4 Å². The average Bonchev–Trinajstić information content (AvgIpc) is 2.49. The number of non-ortho nitro benzene ring substituents is 1. The lowest BCUT2D eigenvalue weighted by molar-refractivity contribution is -0.384. The fourth-order valence-electron chi connectivity index (χ4n) is 2.07. The molecule has 6 heteroatoms. The van der Waals surface area contributed by atoms with E-state index in [9.17, 15) is 10.1 Å². The minimum absolute atomic E-state index is 0.00544. The molecule has 2 aromatic carbocycles. The van der Waals surface area contributed by atoms with Gasteiger partial charge in [-0.05, 0) is 19.1 Å². The Morgan fingerprint density at radius 1 is 1.29 bits per heavy atom. The van der Waals surface area contributed by atoms with Gasteiger partial charge in [0.25, 0.3) is 5.69 Å². The first-order chi connectivity index (χ1) is 10.0. The van der Waals surface area contributed by atoms with Gasteiger partial charge in [-0.3, -0.25) is 10.1 Å². The van der Waals surface area contributed by atoms with E-state index in [0.717, 1.165) is 11.3 Å². The van der Waals surface area contributed by atoms with E-state index in [-0.39, 0.29) is 11.7 Å². The fraction of sp³-hybridized carbons (Fsp3) is 0.200. The number of nitro groups is 1. The van der Waals surface area contributed by atoms with E-state index in [1.165, 1.54) is 18.2 Å². The molecule has 0 saturated heterocycles. The van der Waals surface area contributed by atoms with Gasteiger partial charge in [0, 0.05) is 17.7 Å². The molecule has 5 nitrogen and oxygen atoms in total. The SMILES string of the molecule is COc1ccccc1C(C)Nc1cc([N+](=O)[O-])ccc1Cl. The molecule has 2 aromatic rings. The van der Waals surface area contributed by atoms with Gasteiger partial charge in [0.15, 0.2) is 0 Å². The van der Waals surface area contributed by atoms with Gasteiger partial charge in [0.05, 0.1) is 28.8 Å². The highest BCUT2D eigenvalue weighted by molar-refractivity contribution is 6.33. The van der Waals surface area contributed by atoms with Crippen LogP contribution in [0.1, 0.15) is 18.5 Å². The van der Waals surface area contributed by atoms with E-state index in [0.29, 0.717) is 10.7 Å². The number of hydrogen-bond donors (Lipinski definition) is 1. The molecule has 0 aliphatic carbocycles. The van der Waals surface area contributed by atoms with Gasteiger partial charge in [-0.1, -0.05) is 29.8 Å². The van der Waals surface area contributed by atoms with Crippen molar-refractivity contribution in [2.24, 2.45) is 0 Å². The zero-order chi connectivity index (χ0) is 15.4. The second-order valence-corrected chi connectivity index (χ2v) is 4.94. The Kier molecular flexibility index (Phi) is 4.65. The highest BCUT2D eigenvalue weighted by Gasteiger charge is 2.15. The molecule has 0 aliphatic heterocycles. The van der Waals surface area contributed by atoms with Gasteiger partial charge < -0.3 is 10.1 Å². The zero-order valence-electron chi connectivity index (χ0n) is 11.7. The van der Waals surface area contributed by atoms with Gasteiger partial charge in [-0.2, -0.15) is 0 Å². The molecule has 0 spiro atoms. The predicted molar refractivity (Wildman–Crippen MR) is 83.1 cm³/mol. The summed E-state index contributed by atoms with van der Waals surface area (Å²) in [7, 11) is 1.60. The summed E-state index contributed by atoms with van der Waals surface area (Å²) < 4.78 is 5.32. The van der Waals surface area contributed by atoms with Crippen LogP contribution in [0.25, 0.3) is 0 Å². The number of nitro benzene ring substituents is 1. The van der Waals surface area contributed by atoms with E-state index in [2.05, 4.69) is 5.32 Å². The summed E-state index contributed by atoms with van der Waals surface area (Å²) >= 11 is 6.09. The Labute approximate surface area is 127 Å². The topological polar surface area (TPSA) is 64.4 Å². The molecule has 0 amide bonds. The van der Waals surface area contributed by atoms with Crippen molar-refractivity contribution in [3.63, 3.8) is 0 Å². The highest BCUT2D eigenvalue weighted by Crippen LogP contribution is 2.32. The van der Waals surface area contributed by atoms with Crippen molar-refractivity contribution in [2.45, 2.75) is 13.0 Å². The second-order valence-electron chi connectivity index (χ2n) is 4.53. The van der Waals surface area contributed by atoms with Crippen molar-refractivity contribution in [1.82, 2.24) is 0 Å². The third kappa shape index (κ3) is 3.44. The van der Waals surface area contributed by atoms with Crippen LogP contribution in [0.2, 0.25) is 5.02 Å². The summed E-state index contributed by atoms with van der Waals surface area (Å²) in [6, 6.07) is 11.8. The van der Waals surface area contributed by atoms with E-state index < -0.39 is 4.92 Å². The maximum Gasteiger partial charge on any atom is 0.271 e. The number of methoxy groups -OCH3 is 1. The lowest BCUT2D eigenvalue weighted by Crippen LogP contribution is -2.08. The molecular formula is C15H15ClN2O3. The van der Waals surface area contributed by atoms with Crippen LogP contribution < -0.4 is 10.1 Å². The standard InChI is InChI=1S/C15H15ClN2O3/c1-10(12-5-3-4-6-15(12)21-2)17-14-9-11(18(19)20)7-8-13(14)16/h3-10,17H,1-2H3. The lowest BCUT2D eigenvalue weighted by Gasteiger charge is -2.19. The molecule has 1 N–H and O–H groups in total. The molecule has 0 aliphatic rings. The Bertz CT molecular complexity index is 661. The lowest BCUT2D eigenvalue weighted by atomic mass is 10.1. The molecule has 0 saturated carbocycles. The van der Waals surface area contributed by atoms with Gasteiger partial charge >= 0.3 is 0 Å². The third-order valence-electron chi connectivity index (χ3n) is 3.14. The van der Waals surface area contributed by atoms with E-state index in [4.69, 9.17) is 16.3 Å². The van der Waals surface area contributed by atoms with Crippen molar-refractivity contribution in [1.29, 1.82) is 0 Å². The average molecular weight is 307 g/mol. The number of anilines is 1. The van der Waals surface area contributed by atoms with Crippen molar-refractivity contribution >= 4 is 23.0 Å². The molecule has 2 rings (SSSR count). The van der Waals surface area contributed by atoms with Gasteiger partial charge in [0.2, 0.25) is 0 Å². The zero-order valence-corrected chi connectivity index (χ0v) is 12.4. The molecule has 0 bridgehead atoms. The molecule has 1 unspecified atom stereocenters. The fourth-order valence-corrected chi connectivity index (χ4v) is 2.24. The van der Waals surface area contributed by atoms with Crippen LogP contribution in [0.3, 0.4) is 0 Å². The second kappa shape index (κ2) is 6.45. The maximum atomic E-state index is 10.8. The molecule has 0 radical (unpaired) electrons. The monoisotopic (exact) mass is 306 g/mol. The molecule has 21 heavy (non-hydrogen) atoms. The maximum absolute atomic E-state index is 10.8.